The van der Waals surface area contributed by atoms with Crippen LogP contribution in [0.1, 0.15) is 0 Å². The maximum atomic E-state index is 10.2. The molecule has 0 bridgehead atoms. The lowest BCUT2D eigenvalue weighted by Gasteiger charge is -2.27. The van der Waals surface area contributed by atoms with Gasteiger partial charge in [0.15, 0.2) is 4.33 Å². The number of halogens is 4. The van der Waals surface area contributed by atoms with E-state index in [0.29, 0.717) is 0 Å². The van der Waals surface area contributed by atoms with Crippen molar-refractivity contribution in [3.8, 4) is 0 Å². The zero-order valence-corrected chi connectivity index (χ0v) is 11.2. The van der Waals surface area contributed by atoms with Crippen LogP contribution >= 0.6 is 63.8 Å². The summed E-state index contributed by atoms with van der Waals surface area (Å²) in [6.45, 7) is -0.261. The molecule has 14 heavy (non-hydrogen) atoms. The van der Waals surface area contributed by atoms with Gasteiger partial charge in [-0.25, -0.2) is 9.13 Å². The zero-order valence-electron chi connectivity index (χ0n) is 6.40. The summed E-state index contributed by atoms with van der Waals surface area (Å²) in [5.74, 6) is 0. The van der Waals surface area contributed by atoms with Crippen LogP contribution in [0.5, 0.6) is 0 Å². The van der Waals surface area contributed by atoms with E-state index < -0.39 is 32.6 Å². The van der Waals surface area contributed by atoms with Gasteiger partial charge >= 0.3 is 17.4 Å². The average Bonchev–Trinajstić information content (AvgIpc) is 2.11. The van der Waals surface area contributed by atoms with Gasteiger partial charge < -0.3 is 0 Å². The second-order valence-electron chi connectivity index (χ2n) is 2.01. The summed E-state index contributed by atoms with van der Waals surface area (Å²) in [5, 5.41) is 0. The van der Waals surface area contributed by atoms with Gasteiger partial charge in [0.25, 0.3) is 0 Å². The molecule has 82 valence electrons. The lowest BCUT2D eigenvalue weighted by atomic mass is 10.3. The van der Waals surface area contributed by atoms with Gasteiger partial charge in [-0.05, 0) is 0 Å². The van der Waals surface area contributed by atoms with Gasteiger partial charge in [-0.1, -0.05) is 23.2 Å². The van der Waals surface area contributed by atoms with Crippen LogP contribution in [0.4, 0.5) is 0 Å². The van der Waals surface area contributed by atoms with Gasteiger partial charge in [0.1, 0.15) is 10.9 Å². The molecule has 1 unspecified atom stereocenters. The first-order valence-electron chi connectivity index (χ1n) is 3.05. The van der Waals surface area contributed by atoms with Gasteiger partial charge in [0.05, 0.1) is 6.61 Å². The van der Waals surface area contributed by atoms with Gasteiger partial charge in [-0.15, -0.1) is 23.2 Å². The number of rotatable bonds is 7. The summed E-state index contributed by atoms with van der Waals surface area (Å²) in [4.78, 5) is -1.18. The number of hydrogen-bond acceptors (Lipinski definition) is 4. The number of alkyl halides is 4. The highest BCUT2D eigenvalue weighted by atomic mass is 35.5. The highest BCUT2D eigenvalue weighted by Crippen LogP contribution is 2.38. The molecule has 0 aliphatic rings. The molecule has 0 aromatic heterocycles. The normalized spacial score (nSPS) is 15.2. The minimum absolute atomic E-state index is 0.261. The average molecular weight is 320 g/mol. The van der Waals surface area contributed by atoms with Crippen LogP contribution in [0, 0.1) is 0 Å². The molecule has 0 spiro atoms. The lowest BCUT2D eigenvalue weighted by molar-refractivity contribution is 0.138. The Morgan fingerprint density at radius 2 is 1.79 bits per heavy atom. The van der Waals surface area contributed by atoms with E-state index in [1.165, 1.54) is 0 Å². The van der Waals surface area contributed by atoms with Crippen LogP contribution < -0.4 is 0 Å². The molecule has 0 aromatic rings. The van der Waals surface area contributed by atoms with Crippen molar-refractivity contribution in [2.45, 2.75) is 15.3 Å². The molecule has 0 fully saturated rings. The highest BCUT2D eigenvalue weighted by Gasteiger charge is 2.42. The van der Waals surface area contributed by atoms with E-state index in [9.17, 15) is 9.13 Å². The third-order valence-electron chi connectivity index (χ3n) is 1.17. The monoisotopic (exact) mass is 318 g/mol. The molecule has 0 saturated carbocycles. The molecule has 1 atom stereocenters. The minimum atomic E-state index is -1.70. The first kappa shape index (κ1) is 15.3. The fourth-order valence-electron chi connectivity index (χ4n) is 0.502. The first-order valence-corrected chi connectivity index (χ1v) is 6.14. The first-order chi connectivity index (χ1) is 6.46. The van der Waals surface area contributed by atoms with Crippen molar-refractivity contribution >= 4 is 63.8 Å². The van der Waals surface area contributed by atoms with Crippen molar-refractivity contribution in [1.29, 1.82) is 0 Å². The summed E-state index contributed by atoms with van der Waals surface area (Å²) in [5.41, 5.74) is 0. The Morgan fingerprint density at radius 1 is 1.21 bits per heavy atom. The Hall–Kier alpha value is 1.28. The standard InChI is InChI=1S/C4H4Cl4O4P2/c5-3(6)4(7,8)2(12-14-10)1-11-13-9/h2-3H,1H2. The smallest absolute Gasteiger partial charge is 0.291 e. The second kappa shape index (κ2) is 7.54. The Labute approximate surface area is 104 Å². The Morgan fingerprint density at radius 3 is 2.14 bits per heavy atom. The van der Waals surface area contributed by atoms with Crippen molar-refractivity contribution in [3.63, 3.8) is 0 Å². The fraction of sp³-hybridized carbons (Fsp3) is 1.00. The van der Waals surface area contributed by atoms with E-state index in [1.807, 2.05) is 0 Å². The number of hydrogen-bond donors (Lipinski definition) is 0. The van der Waals surface area contributed by atoms with Crippen molar-refractivity contribution in [1.82, 2.24) is 0 Å². The molecule has 0 heterocycles. The SMILES string of the molecule is O=POCC(OP=O)C(Cl)(Cl)C(Cl)Cl. The molecular formula is C4H4Cl4O4P2. The molecule has 0 aliphatic carbocycles. The molecule has 0 aliphatic heterocycles. The third-order valence-corrected chi connectivity index (χ3v) is 3.82. The van der Waals surface area contributed by atoms with Crippen LogP contribution in [0.15, 0.2) is 0 Å². The molecular weight excluding hydrogens is 316 g/mol. The molecule has 0 aromatic carbocycles. The Kier molecular flexibility index (Phi) is 8.23. The molecule has 4 nitrogen and oxygen atoms in total. The summed E-state index contributed by atoms with van der Waals surface area (Å²) >= 11 is 22.3. The van der Waals surface area contributed by atoms with E-state index in [-0.39, 0.29) is 6.61 Å². The van der Waals surface area contributed by atoms with Crippen LogP contribution in [-0.4, -0.2) is 21.9 Å². The van der Waals surface area contributed by atoms with Crippen LogP contribution in [-0.2, 0) is 18.2 Å². The van der Waals surface area contributed by atoms with E-state index in [0.717, 1.165) is 0 Å². The Bertz CT molecular complexity index is 202. The van der Waals surface area contributed by atoms with Gasteiger partial charge in [-0.3, -0.25) is 9.05 Å². The van der Waals surface area contributed by atoms with E-state index >= 15 is 0 Å². The van der Waals surface area contributed by atoms with Crippen LogP contribution in [0.25, 0.3) is 0 Å². The summed E-state index contributed by atoms with van der Waals surface area (Å²) in [6, 6.07) is 0. The fourth-order valence-corrected chi connectivity index (χ4v) is 1.65. The van der Waals surface area contributed by atoms with Gasteiger partial charge in [0, 0.05) is 0 Å². The summed E-state index contributed by atoms with van der Waals surface area (Å²) in [6.07, 6.45) is -1.06. The van der Waals surface area contributed by atoms with Crippen molar-refractivity contribution < 1.29 is 18.2 Å². The maximum Gasteiger partial charge on any atom is 0.327 e. The molecule has 0 amide bonds. The largest absolute Gasteiger partial charge is 0.327 e. The van der Waals surface area contributed by atoms with E-state index in [1.54, 1.807) is 0 Å². The predicted octanol–water partition coefficient (Wildman–Crippen LogP) is 3.78. The van der Waals surface area contributed by atoms with Gasteiger partial charge in [0.2, 0.25) is 0 Å². The third kappa shape index (κ3) is 4.87. The van der Waals surface area contributed by atoms with Crippen LogP contribution in [0.2, 0.25) is 0 Å². The van der Waals surface area contributed by atoms with Crippen molar-refractivity contribution in [2.24, 2.45) is 0 Å². The topological polar surface area (TPSA) is 52.6 Å². The highest BCUT2D eigenvalue weighted by molar-refractivity contribution is 7.17. The molecule has 0 saturated heterocycles. The van der Waals surface area contributed by atoms with Gasteiger partial charge in [-0.2, -0.15) is 0 Å². The summed E-state index contributed by atoms with van der Waals surface area (Å²) in [7, 11) is -1.24. The minimum Gasteiger partial charge on any atom is -0.291 e. The van der Waals surface area contributed by atoms with Crippen molar-refractivity contribution in [3.05, 3.63) is 0 Å². The van der Waals surface area contributed by atoms with Crippen molar-refractivity contribution in [2.75, 3.05) is 6.61 Å². The van der Waals surface area contributed by atoms with E-state index in [4.69, 9.17) is 46.4 Å². The maximum absolute atomic E-state index is 10.2. The zero-order chi connectivity index (χ0) is 11.2. The summed E-state index contributed by atoms with van der Waals surface area (Å²) < 4.78 is 27.5. The molecule has 0 N–H and O–H groups in total. The predicted molar refractivity (Wildman–Crippen MR) is 56.0 cm³/mol. The molecule has 0 radical (unpaired) electrons. The Balaban J connectivity index is 4.44. The second-order valence-corrected chi connectivity index (χ2v) is 5.32. The quantitative estimate of drug-likeness (QED) is 0.529. The molecule has 10 heteroatoms. The lowest BCUT2D eigenvalue weighted by Crippen LogP contribution is -2.40. The van der Waals surface area contributed by atoms with Crippen LogP contribution in [0.3, 0.4) is 0 Å². The van der Waals surface area contributed by atoms with E-state index in [2.05, 4.69) is 9.05 Å². The molecule has 0 rings (SSSR count).